The van der Waals surface area contributed by atoms with Crippen molar-refractivity contribution < 1.29 is 19.3 Å². The van der Waals surface area contributed by atoms with Crippen molar-refractivity contribution >= 4 is 21.8 Å². The second-order valence-corrected chi connectivity index (χ2v) is 14.3. The number of hydrogen-bond acceptors (Lipinski definition) is 6. The van der Waals surface area contributed by atoms with Crippen molar-refractivity contribution in [3.63, 3.8) is 0 Å². The van der Waals surface area contributed by atoms with Crippen molar-refractivity contribution in [2.75, 3.05) is 27.9 Å². The molecule has 0 bridgehead atoms. The van der Waals surface area contributed by atoms with Crippen LogP contribution in [0.5, 0.6) is 17.2 Å². The fourth-order valence-electron chi connectivity index (χ4n) is 7.35. The van der Waals surface area contributed by atoms with E-state index in [2.05, 4.69) is 123 Å². The third-order valence-corrected chi connectivity index (χ3v) is 10.5. The number of nitrogens with one attached hydrogen (secondary N) is 2. The molecule has 0 fully saturated rings. The molecule has 0 aliphatic rings. The first kappa shape index (κ1) is 39.9. The maximum atomic E-state index is 9.87. The van der Waals surface area contributed by atoms with Gasteiger partial charge in [-0.3, -0.25) is 0 Å². The van der Waals surface area contributed by atoms with Gasteiger partial charge in [-0.05, 0) is 81.9 Å². The summed E-state index contributed by atoms with van der Waals surface area (Å²) in [6.07, 6.45) is 4.45. The average Bonchev–Trinajstić information content (AvgIpc) is 3.80. The molecule has 0 unspecified atom stereocenters. The molecule has 2 aromatic heterocycles. The molecule has 0 spiro atoms. The summed E-state index contributed by atoms with van der Waals surface area (Å²) in [5.41, 5.74) is 9.71. The zero-order chi connectivity index (χ0) is 40.1. The van der Waals surface area contributed by atoms with Crippen molar-refractivity contribution in [3.8, 4) is 17.2 Å². The first-order valence-corrected chi connectivity index (χ1v) is 19.7. The van der Waals surface area contributed by atoms with E-state index in [4.69, 9.17) is 14.2 Å². The molecule has 58 heavy (non-hydrogen) atoms. The van der Waals surface area contributed by atoms with E-state index >= 15 is 0 Å². The molecule has 0 aliphatic carbocycles. The van der Waals surface area contributed by atoms with Crippen LogP contribution in [0.3, 0.4) is 0 Å². The highest BCUT2D eigenvalue weighted by Gasteiger charge is 2.15. The van der Waals surface area contributed by atoms with E-state index in [9.17, 15) is 5.11 Å². The lowest BCUT2D eigenvalue weighted by Gasteiger charge is -2.16. The Labute approximate surface area is 341 Å². The van der Waals surface area contributed by atoms with Crippen LogP contribution in [0.1, 0.15) is 39.4 Å². The van der Waals surface area contributed by atoms with Gasteiger partial charge < -0.3 is 39.1 Å². The lowest BCUT2D eigenvalue weighted by Crippen LogP contribution is -2.23. The third kappa shape index (κ3) is 9.97. The molecule has 0 aliphatic heterocycles. The number of fused-ring (bicyclic) bond motifs is 2. The van der Waals surface area contributed by atoms with Crippen LogP contribution in [0.2, 0.25) is 0 Å². The fourth-order valence-corrected chi connectivity index (χ4v) is 7.35. The summed E-state index contributed by atoms with van der Waals surface area (Å²) in [5.74, 6) is 2.61. The van der Waals surface area contributed by atoms with Crippen LogP contribution in [-0.4, -0.2) is 42.2 Å². The monoisotopic (exact) mass is 772 g/mol. The number of rotatable bonds is 16. The summed E-state index contributed by atoms with van der Waals surface area (Å²) in [4.78, 5) is 0. The van der Waals surface area contributed by atoms with Crippen LogP contribution < -0.4 is 24.8 Å². The van der Waals surface area contributed by atoms with Gasteiger partial charge in [-0.1, -0.05) is 103 Å². The number of hydrogen-bond donors (Lipinski definition) is 3. The van der Waals surface area contributed by atoms with Gasteiger partial charge in [0.25, 0.3) is 0 Å². The number of methoxy groups -OCH3 is 3. The molecule has 0 amide bonds. The number of benzene rings is 6. The van der Waals surface area contributed by atoms with Crippen molar-refractivity contribution in [3.05, 3.63) is 197 Å². The number of aliphatic hydroxyl groups excluding tert-OH is 1. The average molecular weight is 773 g/mol. The zero-order valence-corrected chi connectivity index (χ0v) is 33.5. The first-order valence-electron chi connectivity index (χ1n) is 19.7. The van der Waals surface area contributed by atoms with E-state index < -0.39 is 0 Å². The van der Waals surface area contributed by atoms with Gasteiger partial charge in [0.05, 0.1) is 34.0 Å². The van der Waals surface area contributed by atoms with E-state index in [1.165, 1.54) is 44.2 Å². The Kier molecular flexibility index (Phi) is 13.6. The Hall–Kier alpha value is -6.32. The second kappa shape index (κ2) is 19.7. The number of ether oxygens (including phenoxy) is 3. The van der Waals surface area contributed by atoms with Gasteiger partial charge in [-0.25, -0.2) is 0 Å². The van der Waals surface area contributed by atoms with E-state index in [0.717, 1.165) is 54.4 Å². The van der Waals surface area contributed by atoms with E-state index in [1.807, 2.05) is 60.7 Å². The maximum absolute atomic E-state index is 9.87. The molecule has 8 rings (SSSR count). The molecule has 8 nitrogen and oxygen atoms in total. The summed E-state index contributed by atoms with van der Waals surface area (Å²) >= 11 is 0. The van der Waals surface area contributed by atoms with E-state index in [0.29, 0.717) is 6.54 Å². The second-order valence-electron chi connectivity index (χ2n) is 14.3. The Morgan fingerprint density at radius 3 is 1.45 bits per heavy atom. The van der Waals surface area contributed by atoms with Crippen molar-refractivity contribution in [1.29, 1.82) is 0 Å². The summed E-state index contributed by atoms with van der Waals surface area (Å²) in [6, 6.07) is 51.6. The van der Waals surface area contributed by atoms with Crippen molar-refractivity contribution in [1.82, 2.24) is 19.8 Å². The van der Waals surface area contributed by atoms with E-state index in [1.54, 1.807) is 21.3 Å². The maximum Gasteiger partial charge on any atom is 0.119 e. The summed E-state index contributed by atoms with van der Waals surface area (Å²) in [5, 5.41) is 19.3. The number of aromatic nitrogens is 2. The van der Waals surface area contributed by atoms with Gasteiger partial charge in [0.2, 0.25) is 0 Å². The molecule has 0 saturated carbocycles. The summed E-state index contributed by atoms with van der Waals surface area (Å²) < 4.78 is 20.7. The number of nitrogens with zero attached hydrogens (tertiary/aromatic N) is 2. The normalized spacial score (nSPS) is 11.6. The van der Waals surface area contributed by atoms with Gasteiger partial charge >= 0.3 is 0 Å². The molecule has 1 atom stereocenters. The summed E-state index contributed by atoms with van der Waals surface area (Å²) in [7, 11) is 5.09. The van der Waals surface area contributed by atoms with Gasteiger partial charge in [-0.15, -0.1) is 0 Å². The molecule has 2 heterocycles. The molecular formula is C50H52N4O4. The lowest BCUT2D eigenvalue weighted by molar-refractivity contribution is 0.244. The highest BCUT2D eigenvalue weighted by molar-refractivity contribution is 5.86. The Morgan fingerprint density at radius 1 is 0.500 bits per heavy atom. The first-order chi connectivity index (χ1) is 28.5. The quantitative estimate of drug-likeness (QED) is 0.0909. The van der Waals surface area contributed by atoms with Crippen LogP contribution >= 0.6 is 0 Å². The van der Waals surface area contributed by atoms with Crippen molar-refractivity contribution in [2.45, 2.75) is 38.8 Å². The molecular weight excluding hydrogens is 721 g/mol. The minimum absolute atomic E-state index is 0.0516. The van der Waals surface area contributed by atoms with Crippen LogP contribution in [0, 0.1) is 0 Å². The van der Waals surface area contributed by atoms with E-state index in [-0.39, 0.29) is 12.6 Å². The molecule has 8 aromatic rings. The SMILES string of the molecule is COc1ccc(CNCc2cn(Cc3ccccc3)c3ccc(OC)cc23)cc1.COc1ccc2c(c1)c(CN[C@@H](CO)c1ccccc1)cn2Cc1ccccc1. The Balaban J connectivity index is 0.000000177. The minimum Gasteiger partial charge on any atom is -0.497 e. The van der Waals surface area contributed by atoms with Crippen LogP contribution in [0.15, 0.2) is 164 Å². The van der Waals surface area contributed by atoms with Crippen LogP contribution in [0.4, 0.5) is 0 Å². The standard InChI is InChI=1S/2C25H26N2O2/c1-28-22-10-8-19(9-11-22)15-26-16-21-18-27(17-20-6-4-3-5-7-20)25-13-12-23(29-2)14-24(21)25;1-29-22-12-13-25-23(14-22)21(17-27(25)16-19-8-4-2-5-9-19)15-26-24(18-28)20-10-6-3-7-11-20/h3-14,18,26H,15-17H2,1-2H3;2-14,17,24,26,28H,15-16,18H2,1H3/t;24-/m.0/s1. The highest BCUT2D eigenvalue weighted by Crippen LogP contribution is 2.29. The highest BCUT2D eigenvalue weighted by atomic mass is 16.5. The number of aliphatic hydroxyl groups is 1. The molecule has 296 valence electrons. The van der Waals surface area contributed by atoms with Crippen LogP contribution in [0.25, 0.3) is 21.8 Å². The topological polar surface area (TPSA) is 81.8 Å². The molecule has 0 saturated heterocycles. The zero-order valence-electron chi connectivity index (χ0n) is 33.5. The Bertz CT molecular complexity index is 2480. The predicted octanol–water partition coefficient (Wildman–Crippen LogP) is 9.52. The van der Waals surface area contributed by atoms with Gasteiger partial charge in [0.1, 0.15) is 17.2 Å². The largest absolute Gasteiger partial charge is 0.497 e. The summed E-state index contributed by atoms with van der Waals surface area (Å²) in [6.45, 7) is 3.96. The lowest BCUT2D eigenvalue weighted by atomic mass is 10.1. The molecule has 0 radical (unpaired) electrons. The third-order valence-electron chi connectivity index (χ3n) is 10.5. The Morgan fingerprint density at radius 2 is 0.966 bits per heavy atom. The fraction of sp³-hybridized carbons (Fsp3) is 0.200. The molecule has 3 N–H and O–H groups in total. The van der Waals surface area contributed by atoms with Crippen molar-refractivity contribution in [2.24, 2.45) is 0 Å². The van der Waals surface area contributed by atoms with Gasteiger partial charge in [0.15, 0.2) is 0 Å². The van der Waals surface area contributed by atoms with Crippen LogP contribution in [-0.2, 0) is 32.7 Å². The van der Waals surface area contributed by atoms with Gasteiger partial charge in [-0.2, -0.15) is 0 Å². The smallest absolute Gasteiger partial charge is 0.119 e. The molecule has 8 heteroatoms. The predicted molar refractivity (Wildman–Crippen MR) is 235 cm³/mol. The molecule has 6 aromatic carbocycles. The minimum atomic E-state index is -0.102. The van der Waals surface area contributed by atoms with Gasteiger partial charge in [0, 0.05) is 66.9 Å².